The highest BCUT2D eigenvalue weighted by molar-refractivity contribution is 7.14. The second-order valence-electron chi connectivity index (χ2n) is 4.83. The molecular formula is C16H19N3O2S. The molecule has 0 unspecified atom stereocenters. The molecule has 2 N–H and O–H groups in total. The van der Waals surface area contributed by atoms with Gasteiger partial charge in [0.25, 0.3) is 5.91 Å². The smallest absolute Gasteiger partial charge is 0.270 e. The molecule has 6 heteroatoms. The maximum atomic E-state index is 11.9. The third-order valence-electron chi connectivity index (χ3n) is 3.00. The summed E-state index contributed by atoms with van der Waals surface area (Å²) in [5, 5.41) is 7.60. The van der Waals surface area contributed by atoms with Crippen LogP contribution in [0.5, 0.6) is 0 Å². The van der Waals surface area contributed by atoms with Crippen LogP contribution in [0, 0.1) is 0 Å². The second-order valence-corrected chi connectivity index (χ2v) is 5.69. The summed E-state index contributed by atoms with van der Waals surface area (Å²) in [4.78, 5) is 27.8. The molecule has 2 rings (SSSR count). The molecule has 2 aromatic rings. The fourth-order valence-corrected chi connectivity index (χ4v) is 2.56. The summed E-state index contributed by atoms with van der Waals surface area (Å²) in [5.41, 5.74) is 1.47. The number of anilines is 1. The van der Waals surface area contributed by atoms with E-state index in [0.717, 1.165) is 12.0 Å². The summed E-state index contributed by atoms with van der Waals surface area (Å²) >= 11 is 1.26. The Kier molecular flexibility index (Phi) is 6.09. The van der Waals surface area contributed by atoms with E-state index in [1.54, 1.807) is 5.38 Å². The number of carbonyl (C=O) groups excluding carboxylic acids is 2. The third-order valence-corrected chi connectivity index (χ3v) is 3.76. The topological polar surface area (TPSA) is 71.1 Å². The SMILES string of the molecule is CCCNC(=O)c1csc(NC(=O)CCc2ccccc2)n1. The van der Waals surface area contributed by atoms with Gasteiger partial charge in [-0.15, -0.1) is 11.3 Å². The summed E-state index contributed by atoms with van der Waals surface area (Å²) in [6, 6.07) is 9.84. The van der Waals surface area contributed by atoms with Crippen LogP contribution in [-0.4, -0.2) is 23.3 Å². The summed E-state index contributed by atoms with van der Waals surface area (Å²) in [5.74, 6) is -0.304. The lowest BCUT2D eigenvalue weighted by atomic mass is 10.1. The van der Waals surface area contributed by atoms with Gasteiger partial charge in [-0.05, 0) is 18.4 Å². The highest BCUT2D eigenvalue weighted by Gasteiger charge is 2.11. The first-order valence-electron chi connectivity index (χ1n) is 7.26. The van der Waals surface area contributed by atoms with Crippen molar-refractivity contribution in [3.05, 3.63) is 47.0 Å². The molecule has 5 nitrogen and oxygen atoms in total. The van der Waals surface area contributed by atoms with Crippen molar-refractivity contribution in [1.29, 1.82) is 0 Å². The number of hydrogen-bond donors (Lipinski definition) is 2. The van der Waals surface area contributed by atoms with Crippen molar-refractivity contribution in [1.82, 2.24) is 10.3 Å². The molecule has 0 aliphatic heterocycles. The summed E-state index contributed by atoms with van der Waals surface area (Å²) in [7, 11) is 0. The Morgan fingerprint density at radius 1 is 1.23 bits per heavy atom. The number of rotatable bonds is 7. The standard InChI is InChI=1S/C16H19N3O2S/c1-2-10-17-15(21)13-11-22-16(18-13)19-14(20)9-8-12-6-4-3-5-7-12/h3-7,11H,2,8-10H2,1H3,(H,17,21)(H,18,19,20). The number of aromatic nitrogens is 1. The van der Waals surface area contributed by atoms with Crippen molar-refractivity contribution in [3.8, 4) is 0 Å². The first-order chi connectivity index (χ1) is 10.7. The Morgan fingerprint density at radius 3 is 2.73 bits per heavy atom. The van der Waals surface area contributed by atoms with Crippen LogP contribution in [0.25, 0.3) is 0 Å². The molecule has 22 heavy (non-hydrogen) atoms. The van der Waals surface area contributed by atoms with E-state index in [4.69, 9.17) is 0 Å². The summed E-state index contributed by atoms with van der Waals surface area (Å²) in [6.45, 7) is 2.61. The van der Waals surface area contributed by atoms with Crippen LogP contribution in [0.1, 0.15) is 35.8 Å². The number of hydrogen-bond acceptors (Lipinski definition) is 4. The monoisotopic (exact) mass is 317 g/mol. The number of aryl methyl sites for hydroxylation is 1. The van der Waals surface area contributed by atoms with Gasteiger partial charge in [-0.1, -0.05) is 37.3 Å². The van der Waals surface area contributed by atoms with Crippen molar-refractivity contribution < 1.29 is 9.59 Å². The minimum atomic E-state index is -0.206. The molecule has 116 valence electrons. The Balaban J connectivity index is 1.82. The van der Waals surface area contributed by atoms with E-state index in [-0.39, 0.29) is 11.8 Å². The van der Waals surface area contributed by atoms with Gasteiger partial charge in [0.05, 0.1) is 0 Å². The van der Waals surface area contributed by atoms with Crippen LogP contribution in [0.2, 0.25) is 0 Å². The van der Waals surface area contributed by atoms with Crippen molar-refractivity contribution >= 4 is 28.3 Å². The molecule has 2 amide bonds. The van der Waals surface area contributed by atoms with E-state index in [1.165, 1.54) is 11.3 Å². The lowest BCUT2D eigenvalue weighted by molar-refractivity contribution is -0.116. The van der Waals surface area contributed by atoms with Gasteiger partial charge >= 0.3 is 0 Å². The average molecular weight is 317 g/mol. The van der Waals surface area contributed by atoms with E-state index in [1.807, 2.05) is 37.3 Å². The lowest BCUT2D eigenvalue weighted by Gasteiger charge is -2.02. The molecule has 0 bridgehead atoms. The molecular weight excluding hydrogens is 298 g/mol. The van der Waals surface area contributed by atoms with E-state index < -0.39 is 0 Å². The van der Waals surface area contributed by atoms with E-state index in [2.05, 4.69) is 15.6 Å². The van der Waals surface area contributed by atoms with Gasteiger partial charge in [-0.3, -0.25) is 9.59 Å². The van der Waals surface area contributed by atoms with E-state index in [9.17, 15) is 9.59 Å². The van der Waals surface area contributed by atoms with Crippen LogP contribution in [0.4, 0.5) is 5.13 Å². The first-order valence-corrected chi connectivity index (χ1v) is 8.14. The first kappa shape index (κ1) is 16.2. The van der Waals surface area contributed by atoms with Gasteiger partial charge in [-0.25, -0.2) is 4.98 Å². The number of amides is 2. The Bertz CT molecular complexity index is 625. The zero-order valence-corrected chi connectivity index (χ0v) is 13.3. The van der Waals surface area contributed by atoms with Crippen LogP contribution in [-0.2, 0) is 11.2 Å². The minimum absolute atomic E-state index is 0.0984. The number of carbonyl (C=O) groups is 2. The van der Waals surface area contributed by atoms with Gasteiger partial charge in [0.15, 0.2) is 5.13 Å². The Hall–Kier alpha value is -2.21. The van der Waals surface area contributed by atoms with Gasteiger partial charge in [0.2, 0.25) is 5.91 Å². The molecule has 0 aliphatic carbocycles. The predicted molar refractivity (Wildman–Crippen MR) is 88.1 cm³/mol. The second kappa shape index (κ2) is 8.29. The average Bonchev–Trinajstić information content (AvgIpc) is 3.00. The molecule has 0 aliphatic rings. The van der Waals surface area contributed by atoms with Crippen molar-refractivity contribution in [3.63, 3.8) is 0 Å². The fraction of sp³-hybridized carbons (Fsp3) is 0.312. The molecule has 0 spiro atoms. The van der Waals surface area contributed by atoms with Gasteiger partial charge in [0.1, 0.15) is 5.69 Å². The third kappa shape index (κ3) is 4.96. The Morgan fingerprint density at radius 2 is 2.00 bits per heavy atom. The molecule has 0 atom stereocenters. The number of benzene rings is 1. The quantitative estimate of drug-likeness (QED) is 0.825. The molecule has 1 heterocycles. The van der Waals surface area contributed by atoms with Crippen molar-refractivity contribution in [2.45, 2.75) is 26.2 Å². The van der Waals surface area contributed by atoms with Gasteiger partial charge < -0.3 is 10.6 Å². The number of nitrogens with one attached hydrogen (secondary N) is 2. The normalized spacial score (nSPS) is 10.2. The zero-order valence-electron chi connectivity index (χ0n) is 12.5. The van der Waals surface area contributed by atoms with Gasteiger partial charge in [-0.2, -0.15) is 0 Å². The van der Waals surface area contributed by atoms with Crippen LogP contribution in [0.15, 0.2) is 35.7 Å². The molecule has 0 radical (unpaired) electrons. The molecule has 0 fully saturated rings. The van der Waals surface area contributed by atoms with Crippen LogP contribution < -0.4 is 10.6 Å². The maximum absolute atomic E-state index is 11.9. The Labute approximate surface area is 133 Å². The highest BCUT2D eigenvalue weighted by Crippen LogP contribution is 2.16. The van der Waals surface area contributed by atoms with E-state index in [0.29, 0.717) is 30.2 Å². The predicted octanol–water partition coefficient (Wildman–Crippen LogP) is 2.85. The molecule has 1 aromatic heterocycles. The lowest BCUT2D eigenvalue weighted by Crippen LogP contribution is -2.24. The molecule has 0 saturated heterocycles. The number of nitrogens with zero attached hydrogens (tertiary/aromatic N) is 1. The zero-order chi connectivity index (χ0) is 15.8. The molecule has 1 aromatic carbocycles. The maximum Gasteiger partial charge on any atom is 0.270 e. The summed E-state index contributed by atoms with van der Waals surface area (Å²) in [6.07, 6.45) is 1.95. The van der Waals surface area contributed by atoms with Gasteiger partial charge in [0, 0.05) is 18.3 Å². The minimum Gasteiger partial charge on any atom is -0.351 e. The van der Waals surface area contributed by atoms with Crippen molar-refractivity contribution in [2.75, 3.05) is 11.9 Å². The van der Waals surface area contributed by atoms with Crippen LogP contribution >= 0.6 is 11.3 Å². The fourth-order valence-electron chi connectivity index (χ4n) is 1.85. The van der Waals surface area contributed by atoms with E-state index >= 15 is 0 Å². The van der Waals surface area contributed by atoms with Crippen LogP contribution in [0.3, 0.4) is 0 Å². The summed E-state index contributed by atoms with van der Waals surface area (Å²) < 4.78 is 0. The number of thiazole rings is 1. The highest BCUT2D eigenvalue weighted by atomic mass is 32.1. The van der Waals surface area contributed by atoms with Crippen molar-refractivity contribution in [2.24, 2.45) is 0 Å². The molecule has 0 saturated carbocycles. The largest absolute Gasteiger partial charge is 0.351 e.